The first kappa shape index (κ1) is 17.0. The molecule has 0 amide bonds. The Morgan fingerprint density at radius 2 is 2.08 bits per heavy atom. The molecule has 3 rings (SSSR count). The summed E-state index contributed by atoms with van der Waals surface area (Å²) in [7, 11) is 1.30. The summed E-state index contributed by atoms with van der Waals surface area (Å²) in [4.78, 5) is 9.22. The number of aryl methyl sites for hydroxylation is 1. The molecule has 0 radical (unpaired) electrons. The third-order valence-corrected chi connectivity index (χ3v) is 4.09. The Morgan fingerprint density at radius 3 is 2.68 bits per heavy atom. The molecule has 0 atom stereocenters. The zero-order valence-corrected chi connectivity index (χ0v) is 14.0. The van der Waals surface area contributed by atoms with Gasteiger partial charge in [-0.1, -0.05) is 16.3 Å². The minimum Gasteiger partial charge on any atom is -0.497 e. The van der Waals surface area contributed by atoms with Gasteiger partial charge in [0.1, 0.15) is 5.75 Å². The maximum absolute atomic E-state index is 13.0. The second-order valence-corrected chi connectivity index (χ2v) is 6.31. The van der Waals surface area contributed by atoms with E-state index in [1.165, 1.54) is 29.2 Å². The molecule has 25 heavy (non-hydrogen) atoms. The number of methoxy groups -OCH3 is 1. The van der Waals surface area contributed by atoms with Crippen LogP contribution in [0.25, 0.3) is 5.13 Å². The number of halogens is 3. The number of anilines is 3. The van der Waals surface area contributed by atoms with Crippen LogP contribution in [0.5, 0.6) is 5.75 Å². The molecule has 0 saturated heterocycles. The van der Waals surface area contributed by atoms with Gasteiger partial charge in [-0.3, -0.25) is 5.32 Å². The number of hydrogen-bond donors (Lipinski definition) is 3. The SMILES string of the molecule is COc1cc(Nc2nc(N)[nH][n+]2-c2ncc(C)s2)cc(C(F)(F)F)c1. The van der Waals surface area contributed by atoms with E-state index < -0.39 is 11.7 Å². The summed E-state index contributed by atoms with van der Waals surface area (Å²) >= 11 is 1.37. The average Bonchev–Trinajstić information content (AvgIpc) is 3.11. The van der Waals surface area contributed by atoms with Crippen molar-refractivity contribution in [2.24, 2.45) is 0 Å². The normalized spacial score (nSPS) is 11.6. The highest BCUT2D eigenvalue weighted by atomic mass is 32.1. The van der Waals surface area contributed by atoms with Crippen LogP contribution in [0.3, 0.4) is 0 Å². The van der Waals surface area contributed by atoms with E-state index in [-0.39, 0.29) is 23.3 Å². The second-order valence-electron chi connectivity index (χ2n) is 5.09. The van der Waals surface area contributed by atoms with Gasteiger partial charge in [-0.05, 0) is 19.1 Å². The molecule has 1 aromatic carbocycles. The van der Waals surface area contributed by atoms with Gasteiger partial charge in [-0.25, -0.2) is 5.10 Å². The minimum atomic E-state index is -4.50. The standard InChI is InChI=1S/C14H13F3N6OS/c1-7-6-19-13(25-7)23-12(21-11(18)22-23)20-9-3-8(14(15,16)17)4-10(5-9)24-2/h3-6H,1-2H3,(H3,18,20,21,22)/p+1. The Morgan fingerprint density at radius 1 is 1.32 bits per heavy atom. The number of nitrogens with zero attached hydrogens (tertiary/aromatic N) is 3. The average molecular weight is 371 g/mol. The minimum absolute atomic E-state index is 0.0671. The highest BCUT2D eigenvalue weighted by Crippen LogP contribution is 2.34. The van der Waals surface area contributed by atoms with Crippen molar-refractivity contribution in [3.05, 3.63) is 34.8 Å². The van der Waals surface area contributed by atoms with Gasteiger partial charge in [0, 0.05) is 10.9 Å². The van der Waals surface area contributed by atoms with Crippen molar-refractivity contribution in [1.29, 1.82) is 0 Å². The van der Waals surface area contributed by atoms with Gasteiger partial charge in [0.15, 0.2) is 0 Å². The van der Waals surface area contributed by atoms with Crippen LogP contribution in [0.1, 0.15) is 10.4 Å². The lowest BCUT2D eigenvalue weighted by Gasteiger charge is -2.10. The number of benzene rings is 1. The first-order chi connectivity index (χ1) is 11.8. The number of rotatable bonds is 4. The van der Waals surface area contributed by atoms with Crippen molar-refractivity contribution >= 4 is 28.9 Å². The molecule has 0 aliphatic carbocycles. The van der Waals surface area contributed by atoms with E-state index in [1.807, 2.05) is 6.92 Å². The number of thiazole rings is 1. The van der Waals surface area contributed by atoms with E-state index >= 15 is 0 Å². The van der Waals surface area contributed by atoms with Gasteiger partial charge < -0.3 is 10.5 Å². The van der Waals surface area contributed by atoms with Crippen LogP contribution in [0.15, 0.2) is 24.4 Å². The Balaban J connectivity index is 2.01. The topological polar surface area (TPSA) is 92.7 Å². The number of aromatic amines is 1. The lowest BCUT2D eigenvalue weighted by molar-refractivity contribution is -0.640. The molecular formula is C14H14F3N6OS+. The van der Waals surface area contributed by atoms with Crippen LogP contribution in [0.4, 0.5) is 30.8 Å². The number of nitrogen functional groups attached to an aromatic ring is 1. The predicted octanol–water partition coefficient (Wildman–Crippen LogP) is 2.80. The quantitative estimate of drug-likeness (QED) is 0.614. The van der Waals surface area contributed by atoms with Gasteiger partial charge in [-0.15, -0.1) is 9.67 Å². The summed E-state index contributed by atoms with van der Waals surface area (Å²) in [5.41, 5.74) is 4.99. The predicted molar refractivity (Wildman–Crippen MR) is 86.2 cm³/mol. The summed E-state index contributed by atoms with van der Waals surface area (Å²) in [6, 6.07) is 3.31. The lowest BCUT2D eigenvalue weighted by atomic mass is 10.2. The summed E-state index contributed by atoms with van der Waals surface area (Å²) in [6.07, 6.45) is -2.83. The van der Waals surface area contributed by atoms with Crippen LogP contribution in [0.2, 0.25) is 0 Å². The Bertz CT molecular complexity index is 904. The molecule has 0 unspecified atom stereocenters. The summed E-state index contributed by atoms with van der Waals surface area (Å²) in [5.74, 6) is 0.361. The second kappa shape index (κ2) is 6.24. The summed E-state index contributed by atoms with van der Waals surface area (Å²) in [6.45, 7) is 1.88. The van der Waals surface area contributed by atoms with Crippen molar-refractivity contribution < 1.29 is 22.6 Å². The Labute approximate surface area is 144 Å². The van der Waals surface area contributed by atoms with Crippen LogP contribution in [0, 0.1) is 6.92 Å². The highest BCUT2D eigenvalue weighted by Gasteiger charge is 2.32. The van der Waals surface area contributed by atoms with E-state index in [4.69, 9.17) is 10.5 Å². The molecule has 7 nitrogen and oxygen atoms in total. The largest absolute Gasteiger partial charge is 0.497 e. The third-order valence-electron chi connectivity index (χ3n) is 3.19. The summed E-state index contributed by atoms with van der Waals surface area (Å²) in [5, 5.41) is 6.14. The van der Waals surface area contributed by atoms with Crippen molar-refractivity contribution in [3.8, 4) is 10.9 Å². The Hall–Kier alpha value is -2.82. The molecule has 132 valence electrons. The number of aromatic nitrogens is 4. The molecule has 4 N–H and O–H groups in total. The van der Waals surface area contributed by atoms with Gasteiger partial charge in [-0.2, -0.15) is 13.2 Å². The zero-order chi connectivity index (χ0) is 18.2. The number of nitrogens with two attached hydrogens (primary N) is 1. The Kier molecular flexibility index (Phi) is 4.25. The molecule has 3 aromatic rings. The van der Waals surface area contributed by atoms with Gasteiger partial charge in [0.25, 0.3) is 5.95 Å². The number of hydrogen-bond acceptors (Lipinski definition) is 6. The number of alkyl halides is 3. The van der Waals surface area contributed by atoms with E-state index in [1.54, 1.807) is 6.20 Å². The molecule has 0 saturated carbocycles. The fourth-order valence-corrected chi connectivity index (χ4v) is 2.83. The fraction of sp³-hybridized carbons (Fsp3) is 0.214. The van der Waals surface area contributed by atoms with Crippen LogP contribution < -0.4 is 20.5 Å². The molecule has 2 heterocycles. The monoisotopic (exact) mass is 371 g/mol. The maximum atomic E-state index is 13.0. The van der Waals surface area contributed by atoms with E-state index in [0.717, 1.165) is 17.0 Å². The van der Waals surface area contributed by atoms with E-state index in [2.05, 4.69) is 20.4 Å². The van der Waals surface area contributed by atoms with E-state index in [9.17, 15) is 13.2 Å². The fourth-order valence-electron chi connectivity index (χ4n) is 2.11. The molecular weight excluding hydrogens is 357 g/mol. The molecule has 0 aliphatic heterocycles. The van der Waals surface area contributed by atoms with Crippen LogP contribution in [-0.2, 0) is 6.18 Å². The number of H-pyrrole nitrogens is 1. The third kappa shape index (κ3) is 3.65. The maximum Gasteiger partial charge on any atom is 0.416 e. The van der Waals surface area contributed by atoms with Crippen molar-refractivity contribution in [2.75, 3.05) is 18.2 Å². The number of nitrogens with one attached hydrogen (secondary N) is 2. The molecule has 11 heteroatoms. The number of ether oxygens (including phenoxy) is 1. The van der Waals surface area contributed by atoms with Crippen molar-refractivity contribution in [3.63, 3.8) is 0 Å². The van der Waals surface area contributed by atoms with E-state index in [0.29, 0.717) is 5.13 Å². The molecule has 0 spiro atoms. The zero-order valence-electron chi connectivity index (χ0n) is 13.2. The van der Waals surface area contributed by atoms with Crippen molar-refractivity contribution in [2.45, 2.75) is 13.1 Å². The first-order valence-electron chi connectivity index (χ1n) is 7.00. The van der Waals surface area contributed by atoms with Crippen LogP contribution >= 0.6 is 11.3 Å². The van der Waals surface area contributed by atoms with Crippen LogP contribution in [-0.4, -0.2) is 22.2 Å². The van der Waals surface area contributed by atoms with Gasteiger partial charge in [0.2, 0.25) is 0 Å². The molecule has 0 aliphatic rings. The van der Waals surface area contributed by atoms with Gasteiger partial charge in [0.05, 0.1) is 24.6 Å². The summed E-state index contributed by atoms with van der Waals surface area (Å²) < 4.78 is 45.5. The van der Waals surface area contributed by atoms with Gasteiger partial charge >= 0.3 is 17.3 Å². The molecule has 2 aromatic heterocycles. The van der Waals surface area contributed by atoms with Crippen molar-refractivity contribution in [1.82, 2.24) is 15.1 Å². The highest BCUT2D eigenvalue weighted by molar-refractivity contribution is 7.13. The smallest absolute Gasteiger partial charge is 0.416 e. The molecule has 0 bridgehead atoms. The molecule has 0 fully saturated rings. The first-order valence-corrected chi connectivity index (χ1v) is 7.81. The lowest BCUT2D eigenvalue weighted by Crippen LogP contribution is -2.35.